The van der Waals surface area contributed by atoms with Gasteiger partial charge in [0, 0.05) is 38.8 Å². The first-order valence-electron chi connectivity index (χ1n) is 12.8. The molecule has 0 amide bonds. The van der Waals surface area contributed by atoms with Crippen molar-refractivity contribution >= 4 is 5.97 Å². The van der Waals surface area contributed by atoms with Crippen LogP contribution in [0, 0.1) is 17.8 Å². The summed E-state index contributed by atoms with van der Waals surface area (Å²) in [6.45, 7) is 18.1. The first-order chi connectivity index (χ1) is 15.7. The molecule has 0 saturated carbocycles. The molecule has 1 fully saturated rings. The second-order valence-electron chi connectivity index (χ2n) is 11.4. The van der Waals surface area contributed by atoms with E-state index >= 15 is 0 Å². The Morgan fingerprint density at radius 2 is 1.82 bits per heavy atom. The standard InChI is InChI=1S/C27H49NO6/c1-13-16(2)15-27(9,30-12)23(19(5)22-20(6)24(29)34-26(7,8)33-22)32-25-18(4)21(28(10)11)14-17(3)31-25/h16-19,21,23,25H,13-15H2,1-12H3/t16-,17+,18+,19-,21?,23+,25-,27+/m0/s1. The predicted molar refractivity (Wildman–Crippen MR) is 133 cm³/mol. The van der Waals surface area contributed by atoms with Crippen molar-refractivity contribution in [2.24, 2.45) is 17.8 Å². The van der Waals surface area contributed by atoms with E-state index in [1.165, 1.54) is 0 Å². The lowest BCUT2D eigenvalue weighted by atomic mass is 9.80. The zero-order valence-corrected chi connectivity index (χ0v) is 23.6. The van der Waals surface area contributed by atoms with E-state index in [2.05, 4.69) is 53.6 Å². The summed E-state index contributed by atoms with van der Waals surface area (Å²) in [4.78, 5) is 14.9. The lowest BCUT2D eigenvalue weighted by molar-refractivity contribution is -0.285. The number of hydrogen-bond donors (Lipinski definition) is 0. The molecule has 0 N–H and O–H groups in total. The normalized spacial score (nSPS) is 32.0. The number of hydrogen-bond acceptors (Lipinski definition) is 7. The van der Waals surface area contributed by atoms with Crippen molar-refractivity contribution < 1.29 is 28.5 Å². The molecule has 0 bridgehead atoms. The molecule has 198 valence electrons. The smallest absolute Gasteiger partial charge is 0.340 e. The second kappa shape index (κ2) is 11.3. The zero-order chi connectivity index (χ0) is 26.0. The molecule has 7 heteroatoms. The van der Waals surface area contributed by atoms with Gasteiger partial charge in [0.05, 0.1) is 23.4 Å². The van der Waals surface area contributed by atoms with E-state index in [9.17, 15) is 4.79 Å². The van der Waals surface area contributed by atoms with Crippen LogP contribution in [0.2, 0.25) is 0 Å². The molecule has 0 aliphatic carbocycles. The molecule has 8 atom stereocenters. The molecule has 2 heterocycles. The monoisotopic (exact) mass is 483 g/mol. The van der Waals surface area contributed by atoms with Gasteiger partial charge in [-0.05, 0) is 53.6 Å². The molecule has 0 aromatic carbocycles. The van der Waals surface area contributed by atoms with Gasteiger partial charge in [0.25, 0.3) is 0 Å². The van der Waals surface area contributed by atoms with Crippen molar-refractivity contribution in [3.63, 3.8) is 0 Å². The van der Waals surface area contributed by atoms with Gasteiger partial charge < -0.3 is 28.6 Å². The largest absolute Gasteiger partial charge is 0.456 e. The Morgan fingerprint density at radius 3 is 2.35 bits per heavy atom. The van der Waals surface area contributed by atoms with Gasteiger partial charge >= 0.3 is 5.97 Å². The molecule has 0 radical (unpaired) electrons. The molecule has 0 aromatic rings. The average molecular weight is 484 g/mol. The maximum Gasteiger partial charge on any atom is 0.340 e. The van der Waals surface area contributed by atoms with Crippen molar-refractivity contribution in [3.05, 3.63) is 11.3 Å². The van der Waals surface area contributed by atoms with Crippen LogP contribution in [0.15, 0.2) is 11.3 Å². The number of nitrogens with zero attached hydrogens (tertiary/aromatic N) is 1. The summed E-state index contributed by atoms with van der Waals surface area (Å²) in [6, 6.07) is 0.342. The Hall–Kier alpha value is -1.15. The fourth-order valence-electron chi connectivity index (χ4n) is 5.40. The van der Waals surface area contributed by atoms with Crippen LogP contribution in [-0.4, -0.2) is 68.0 Å². The summed E-state index contributed by atoms with van der Waals surface area (Å²) in [6.07, 6.45) is 2.07. The maximum atomic E-state index is 12.6. The maximum absolute atomic E-state index is 12.6. The Kier molecular flexibility index (Phi) is 9.64. The van der Waals surface area contributed by atoms with Gasteiger partial charge in [-0.1, -0.05) is 34.1 Å². The Labute approximate surface area is 207 Å². The molecule has 2 aliphatic rings. The van der Waals surface area contributed by atoms with Gasteiger partial charge in [-0.2, -0.15) is 0 Å². The van der Waals surface area contributed by atoms with Crippen molar-refractivity contribution in [1.82, 2.24) is 4.90 Å². The van der Waals surface area contributed by atoms with E-state index in [0.29, 0.717) is 23.3 Å². The third-order valence-electron chi connectivity index (χ3n) is 7.68. The summed E-state index contributed by atoms with van der Waals surface area (Å²) in [5, 5.41) is 0. The minimum Gasteiger partial charge on any atom is -0.456 e. The fraction of sp³-hybridized carbons (Fsp3) is 0.889. The van der Waals surface area contributed by atoms with E-state index in [-0.39, 0.29) is 23.9 Å². The molecule has 34 heavy (non-hydrogen) atoms. The number of carbonyl (C=O) groups is 1. The molecular formula is C27H49NO6. The van der Waals surface area contributed by atoms with E-state index in [1.54, 1.807) is 27.9 Å². The lowest BCUT2D eigenvalue weighted by Gasteiger charge is -2.48. The highest BCUT2D eigenvalue weighted by Gasteiger charge is 2.48. The minimum absolute atomic E-state index is 0.0775. The summed E-state index contributed by atoms with van der Waals surface area (Å²) >= 11 is 0. The van der Waals surface area contributed by atoms with Crippen molar-refractivity contribution in [1.29, 1.82) is 0 Å². The van der Waals surface area contributed by atoms with Gasteiger partial charge in [0.2, 0.25) is 5.79 Å². The van der Waals surface area contributed by atoms with Crippen LogP contribution in [0.4, 0.5) is 0 Å². The zero-order valence-electron chi connectivity index (χ0n) is 23.6. The number of cyclic esters (lactones) is 1. The first-order valence-corrected chi connectivity index (χ1v) is 12.8. The van der Waals surface area contributed by atoms with Crippen LogP contribution in [0.3, 0.4) is 0 Å². The van der Waals surface area contributed by atoms with Crippen LogP contribution < -0.4 is 0 Å². The summed E-state index contributed by atoms with van der Waals surface area (Å²) in [5.74, 6) is -0.461. The number of carbonyl (C=O) groups excluding carboxylic acids is 1. The highest BCUT2D eigenvalue weighted by Crippen LogP contribution is 2.41. The van der Waals surface area contributed by atoms with E-state index in [4.69, 9.17) is 23.7 Å². The number of methoxy groups -OCH3 is 1. The Morgan fingerprint density at radius 1 is 1.21 bits per heavy atom. The van der Waals surface area contributed by atoms with Gasteiger partial charge in [-0.15, -0.1) is 0 Å². The first kappa shape index (κ1) is 29.1. The topological polar surface area (TPSA) is 66.5 Å². The minimum atomic E-state index is -1.04. The molecule has 2 aliphatic heterocycles. The number of ether oxygens (including phenoxy) is 5. The summed E-state index contributed by atoms with van der Waals surface area (Å²) in [7, 11) is 5.95. The van der Waals surface area contributed by atoms with E-state index < -0.39 is 23.8 Å². The Balaban J connectivity index is 2.50. The van der Waals surface area contributed by atoms with Crippen molar-refractivity contribution in [2.75, 3.05) is 21.2 Å². The summed E-state index contributed by atoms with van der Waals surface area (Å²) < 4.78 is 31.1. The van der Waals surface area contributed by atoms with E-state index in [0.717, 1.165) is 19.3 Å². The van der Waals surface area contributed by atoms with Crippen molar-refractivity contribution in [2.45, 2.75) is 118 Å². The third kappa shape index (κ3) is 6.54. The molecule has 7 nitrogen and oxygen atoms in total. The van der Waals surface area contributed by atoms with E-state index in [1.807, 2.05) is 6.92 Å². The van der Waals surface area contributed by atoms with Crippen LogP contribution in [0.25, 0.3) is 0 Å². The van der Waals surface area contributed by atoms with Gasteiger partial charge in [0.1, 0.15) is 5.76 Å². The highest BCUT2D eigenvalue weighted by molar-refractivity contribution is 5.89. The fourth-order valence-corrected chi connectivity index (χ4v) is 5.40. The predicted octanol–water partition coefficient (Wildman–Crippen LogP) is 5.13. The number of esters is 1. The van der Waals surface area contributed by atoms with Gasteiger partial charge in [-0.3, -0.25) is 0 Å². The second-order valence-corrected chi connectivity index (χ2v) is 11.4. The molecular weight excluding hydrogens is 434 g/mol. The van der Waals surface area contributed by atoms with Crippen molar-refractivity contribution in [3.8, 4) is 0 Å². The van der Waals surface area contributed by atoms with Crippen LogP contribution in [0.5, 0.6) is 0 Å². The lowest BCUT2D eigenvalue weighted by Crippen LogP contribution is -2.56. The van der Waals surface area contributed by atoms with Gasteiger partial charge in [-0.25, -0.2) is 4.79 Å². The third-order valence-corrected chi connectivity index (χ3v) is 7.68. The SMILES string of the molecule is CC[C@H](C)C[C@@](C)(OC)[C@H](O[C@@H]1O[C@H](C)CC(N(C)C)[C@H]1C)[C@@H](C)C1=C(C)C(=O)OC(C)(C)O1. The van der Waals surface area contributed by atoms with Crippen LogP contribution in [0.1, 0.15) is 81.6 Å². The molecule has 0 aromatic heterocycles. The molecule has 1 saturated heterocycles. The quantitative estimate of drug-likeness (QED) is 0.399. The average Bonchev–Trinajstić information content (AvgIpc) is 2.75. The number of rotatable bonds is 10. The van der Waals surface area contributed by atoms with Gasteiger partial charge in [0.15, 0.2) is 6.29 Å². The van der Waals surface area contributed by atoms with Crippen LogP contribution in [-0.2, 0) is 28.5 Å². The molecule has 1 unspecified atom stereocenters. The highest BCUT2D eigenvalue weighted by atomic mass is 16.7. The Bertz CT molecular complexity index is 735. The molecule has 2 rings (SSSR count). The summed E-state index contributed by atoms with van der Waals surface area (Å²) in [5.41, 5.74) is -0.145. The molecule has 0 spiro atoms. The van der Waals surface area contributed by atoms with Crippen LogP contribution >= 0.6 is 0 Å².